The van der Waals surface area contributed by atoms with E-state index in [0.717, 1.165) is 12.1 Å². The minimum atomic E-state index is -4.54. The van der Waals surface area contributed by atoms with Crippen LogP contribution in [0.25, 0.3) is 0 Å². The van der Waals surface area contributed by atoms with E-state index in [0.29, 0.717) is 36.0 Å². The molecule has 0 spiro atoms. The Morgan fingerprint density at radius 1 is 1.08 bits per heavy atom. The number of carbonyl (C=O) groups is 1. The average Bonchev–Trinajstić information content (AvgIpc) is 3.05. The molecule has 1 saturated heterocycles. The van der Waals surface area contributed by atoms with Crippen molar-refractivity contribution >= 4 is 23.2 Å². The topological polar surface area (TPSA) is 66.4 Å². The van der Waals surface area contributed by atoms with Gasteiger partial charge in [-0.3, -0.25) is 0 Å². The van der Waals surface area contributed by atoms with E-state index in [-0.39, 0.29) is 29.7 Å². The summed E-state index contributed by atoms with van der Waals surface area (Å²) in [5, 5.41) is 2.60. The molecule has 0 aliphatic carbocycles. The standard InChI is InChI=1S/C27H24F4N4O3/c1-16-15-34(11-12-35(16)26(36)33-21-6-4-3-5-20(21)28)25-19-14-18(37-2)8-10-23(19)38-24-9-7-17(27(29,30)31)13-22(24)32-25/h3-10,13-14,16H,11-12,15H2,1-2H3,(H,33,36)/t16-/m0/s1. The van der Waals surface area contributed by atoms with Crippen molar-refractivity contribution in [1.82, 2.24) is 9.80 Å². The largest absolute Gasteiger partial charge is 0.497 e. The molecule has 1 atom stereocenters. The fourth-order valence-electron chi connectivity index (χ4n) is 4.50. The SMILES string of the molecule is COc1ccc2c(c1)C(N1CCN(C(=O)Nc3ccccc3F)[C@@H](C)C1)=Nc1cc(C(F)(F)F)ccc1O2. The smallest absolute Gasteiger partial charge is 0.416 e. The molecule has 0 aromatic heterocycles. The number of amides is 2. The molecule has 3 aromatic rings. The molecule has 7 nitrogen and oxygen atoms in total. The summed E-state index contributed by atoms with van der Waals surface area (Å²) in [5.41, 5.74) is -0.173. The summed E-state index contributed by atoms with van der Waals surface area (Å²) in [6.07, 6.45) is -4.54. The third-order valence-electron chi connectivity index (χ3n) is 6.46. The predicted molar refractivity (Wildman–Crippen MR) is 134 cm³/mol. The Morgan fingerprint density at radius 2 is 1.84 bits per heavy atom. The molecule has 0 saturated carbocycles. The highest BCUT2D eigenvalue weighted by atomic mass is 19.4. The molecule has 2 heterocycles. The molecule has 11 heteroatoms. The highest BCUT2D eigenvalue weighted by molar-refractivity contribution is 6.04. The number of piperazine rings is 1. The second-order valence-electron chi connectivity index (χ2n) is 8.98. The number of nitrogens with zero attached hydrogens (tertiary/aromatic N) is 3. The van der Waals surface area contributed by atoms with Crippen LogP contribution in [0.1, 0.15) is 18.1 Å². The fourth-order valence-corrected chi connectivity index (χ4v) is 4.50. The molecule has 0 radical (unpaired) electrons. The number of anilines is 1. The monoisotopic (exact) mass is 528 g/mol. The van der Waals surface area contributed by atoms with Crippen LogP contribution in [0.3, 0.4) is 0 Å². The molecule has 0 bridgehead atoms. The first-order valence-electron chi connectivity index (χ1n) is 11.9. The Balaban J connectivity index is 1.46. The van der Waals surface area contributed by atoms with Gasteiger partial charge < -0.3 is 24.6 Å². The predicted octanol–water partition coefficient (Wildman–Crippen LogP) is 6.28. The summed E-state index contributed by atoms with van der Waals surface area (Å²) in [5.74, 6) is 0.990. The number of carbonyl (C=O) groups excluding carboxylic acids is 1. The van der Waals surface area contributed by atoms with E-state index in [9.17, 15) is 22.4 Å². The fraction of sp³-hybridized carbons (Fsp3) is 0.259. The number of aliphatic imine (C=N–C) groups is 1. The van der Waals surface area contributed by atoms with Crippen LogP contribution in [0.4, 0.5) is 33.7 Å². The number of ether oxygens (including phenoxy) is 2. The Bertz CT molecular complexity index is 1410. The number of amidine groups is 1. The summed E-state index contributed by atoms with van der Waals surface area (Å²) >= 11 is 0. The quantitative estimate of drug-likeness (QED) is 0.398. The lowest BCUT2D eigenvalue weighted by atomic mass is 10.1. The van der Waals surface area contributed by atoms with Crippen molar-refractivity contribution in [2.45, 2.75) is 19.1 Å². The normalized spacial score (nSPS) is 17.0. The molecule has 38 heavy (non-hydrogen) atoms. The van der Waals surface area contributed by atoms with E-state index in [2.05, 4.69) is 10.3 Å². The number of para-hydroxylation sites is 1. The van der Waals surface area contributed by atoms with Gasteiger partial charge in [0.2, 0.25) is 0 Å². The maximum Gasteiger partial charge on any atom is 0.416 e. The van der Waals surface area contributed by atoms with Crippen molar-refractivity contribution in [2.75, 3.05) is 32.1 Å². The van der Waals surface area contributed by atoms with Crippen molar-refractivity contribution in [2.24, 2.45) is 4.99 Å². The van der Waals surface area contributed by atoms with Crippen LogP contribution < -0.4 is 14.8 Å². The van der Waals surface area contributed by atoms with E-state index in [1.807, 2.05) is 11.8 Å². The summed E-state index contributed by atoms with van der Waals surface area (Å²) in [6.45, 7) is 2.77. The van der Waals surface area contributed by atoms with Gasteiger partial charge in [-0.1, -0.05) is 12.1 Å². The summed E-state index contributed by atoms with van der Waals surface area (Å²) < 4.78 is 65.7. The van der Waals surface area contributed by atoms with Crippen LogP contribution in [0.15, 0.2) is 65.7 Å². The number of methoxy groups -OCH3 is 1. The molecule has 1 N–H and O–H groups in total. The highest BCUT2D eigenvalue weighted by Crippen LogP contribution is 2.42. The van der Waals surface area contributed by atoms with E-state index in [1.165, 1.54) is 31.4 Å². The van der Waals surface area contributed by atoms with Gasteiger partial charge in [-0.2, -0.15) is 13.2 Å². The molecule has 3 aromatic carbocycles. The van der Waals surface area contributed by atoms with Gasteiger partial charge in [0, 0.05) is 25.7 Å². The van der Waals surface area contributed by atoms with Gasteiger partial charge in [-0.25, -0.2) is 14.2 Å². The summed E-state index contributed by atoms with van der Waals surface area (Å²) in [4.78, 5) is 21.0. The molecule has 2 aliphatic heterocycles. The van der Waals surface area contributed by atoms with Crippen molar-refractivity contribution < 1.29 is 31.8 Å². The lowest BCUT2D eigenvalue weighted by Gasteiger charge is -2.41. The van der Waals surface area contributed by atoms with Crippen LogP contribution in [0, 0.1) is 5.82 Å². The van der Waals surface area contributed by atoms with Crippen LogP contribution >= 0.6 is 0 Å². The zero-order chi connectivity index (χ0) is 27.0. The van der Waals surface area contributed by atoms with E-state index in [4.69, 9.17) is 9.47 Å². The Kier molecular flexibility index (Phi) is 6.60. The minimum absolute atomic E-state index is 0.0392. The van der Waals surface area contributed by atoms with Gasteiger partial charge in [0.25, 0.3) is 0 Å². The Morgan fingerprint density at radius 3 is 2.55 bits per heavy atom. The maximum atomic E-state index is 14.0. The van der Waals surface area contributed by atoms with E-state index < -0.39 is 23.6 Å². The molecular formula is C27H24F4N4O3. The second kappa shape index (κ2) is 9.88. The first-order chi connectivity index (χ1) is 18.1. The highest BCUT2D eigenvalue weighted by Gasteiger charge is 2.34. The van der Waals surface area contributed by atoms with Crippen molar-refractivity contribution in [1.29, 1.82) is 0 Å². The van der Waals surface area contributed by atoms with Gasteiger partial charge in [-0.15, -0.1) is 0 Å². The van der Waals surface area contributed by atoms with Crippen LogP contribution in [-0.4, -0.2) is 54.5 Å². The number of alkyl halides is 3. The van der Waals surface area contributed by atoms with Crippen LogP contribution in [0.2, 0.25) is 0 Å². The van der Waals surface area contributed by atoms with Crippen LogP contribution in [-0.2, 0) is 6.18 Å². The van der Waals surface area contributed by atoms with Crippen molar-refractivity contribution in [3.63, 3.8) is 0 Å². The average molecular weight is 529 g/mol. The third kappa shape index (κ3) is 4.96. The second-order valence-corrected chi connectivity index (χ2v) is 8.98. The third-order valence-corrected chi connectivity index (χ3v) is 6.46. The summed E-state index contributed by atoms with van der Waals surface area (Å²) in [7, 11) is 1.51. The molecule has 2 amide bonds. The molecule has 1 fully saturated rings. The number of fused-ring (bicyclic) bond motifs is 2. The number of hydrogen-bond donors (Lipinski definition) is 1. The molecular weight excluding hydrogens is 504 g/mol. The maximum absolute atomic E-state index is 14.0. The Hall–Kier alpha value is -4.28. The zero-order valence-corrected chi connectivity index (χ0v) is 20.6. The van der Waals surface area contributed by atoms with E-state index in [1.54, 1.807) is 29.2 Å². The minimum Gasteiger partial charge on any atom is -0.497 e. The zero-order valence-electron chi connectivity index (χ0n) is 20.6. The molecule has 198 valence electrons. The number of benzene rings is 3. The molecule has 0 unspecified atom stereocenters. The lowest BCUT2D eigenvalue weighted by Crippen LogP contribution is -2.56. The van der Waals surface area contributed by atoms with Gasteiger partial charge in [0.05, 0.1) is 23.9 Å². The molecule has 2 aliphatic rings. The molecule has 5 rings (SSSR count). The van der Waals surface area contributed by atoms with Gasteiger partial charge >= 0.3 is 12.2 Å². The Labute approximate surface area is 216 Å². The van der Waals surface area contributed by atoms with Gasteiger partial charge in [0.1, 0.15) is 28.8 Å². The van der Waals surface area contributed by atoms with Crippen molar-refractivity contribution in [3.8, 4) is 17.2 Å². The number of hydrogen-bond acceptors (Lipinski definition) is 5. The van der Waals surface area contributed by atoms with E-state index >= 15 is 0 Å². The number of nitrogens with one attached hydrogen (secondary N) is 1. The summed E-state index contributed by atoms with van der Waals surface area (Å²) in [6, 6.07) is 13.4. The first kappa shape index (κ1) is 25.4. The van der Waals surface area contributed by atoms with Crippen LogP contribution in [0.5, 0.6) is 17.2 Å². The first-order valence-corrected chi connectivity index (χ1v) is 11.9. The van der Waals surface area contributed by atoms with Gasteiger partial charge in [0.15, 0.2) is 5.75 Å². The van der Waals surface area contributed by atoms with Crippen molar-refractivity contribution in [3.05, 3.63) is 77.6 Å². The number of halogens is 4. The number of rotatable bonds is 2. The lowest BCUT2D eigenvalue weighted by molar-refractivity contribution is -0.137. The van der Waals surface area contributed by atoms with Gasteiger partial charge in [-0.05, 0) is 55.5 Å². The number of urea groups is 1.